The minimum absolute atomic E-state index is 0.262. The summed E-state index contributed by atoms with van der Waals surface area (Å²) in [6.07, 6.45) is 3.71. The highest BCUT2D eigenvalue weighted by Gasteiger charge is 2.30. The SMILES string of the molecule is C[C@H](NC(=O)OC(C)(C)C)C(=O)NCC(=O)Nc1ccccc1-c1c2nc(c(-c3ccccc3NC(=O)CNC(=O)[C@H](C)NC(=O)OC(C)(C)C)c3ccc([nH]3)c(-c3ccccc3NC(=O)CNC(=O)[C@H](C)NC(=O)OC(C)(C)C)c3nc(c(-c4ccccc4NC(=O)CNC(=O)[C@H](C)NC(=O)OC(C)(C)C)c4ccc1[nH]4)C=C3)C=C2. The van der Waals surface area contributed by atoms with Crippen molar-refractivity contribution < 1.29 is 76.5 Å². The Balaban J connectivity index is 1.25. The average Bonchev–Trinajstić information content (AvgIpc) is 1.60. The van der Waals surface area contributed by atoms with Crippen LogP contribution in [-0.4, -0.2) is 164 Å². The molecule has 32 heteroatoms. The molecule has 0 aliphatic carbocycles. The number of ether oxygens (including phenoxy) is 4. The lowest BCUT2D eigenvalue weighted by atomic mass is 10.0. The van der Waals surface area contributed by atoms with E-state index in [0.717, 1.165) is 0 Å². The maximum Gasteiger partial charge on any atom is 0.408 e. The first-order chi connectivity index (χ1) is 54.5. The van der Waals surface area contributed by atoms with Crippen LogP contribution in [0.5, 0.6) is 0 Å². The van der Waals surface area contributed by atoms with Gasteiger partial charge in [0.1, 0.15) is 46.6 Å². The number of carbonyl (C=O) groups is 12. The number of amides is 12. The van der Waals surface area contributed by atoms with E-state index < -0.39 is 144 Å². The highest BCUT2D eigenvalue weighted by atomic mass is 16.6. The van der Waals surface area contributed by atoms with E-state index in [0.29, 0.717) is 89.4 Å². The van der Waals surface area contributed by atoms with Gasteiger partial charge in [0.05, 0.1) is 49.0 Å². The molecule has 0 radical (unpaired) electrons. The molecule has 7 aromatic rings. The average molecular weight is 1590 g/mol. The second-order valence-corrected chi connectivity index (χ2v) is 31.2. The fraction of sp³-hybridized carbons (Fsp3) is 0.333. The van der Waals surface area contributed by atoms with Crippen LogP contribution in [-0.2, 0) is 57.3 Å². The molecule has 5 heterocycles. The third-order valence-electron chi connectivity index (χ3n) is 16.8. The lowest BCUT2D eigenvalue weighted by molar-refractivity contribution is -0.125. The number of alkyl carbamates (subject to hydrolysis) is 4. The van der Waals surface area contributed by atoms with Crippen LogP contribution in [0.2, 0.25) is 0 Å². The number of aromatic amines is 2. The Kier molecular flexibility index (Phi) is 27.4. The number of nitrogens with one attached hydrogen (secondary N) is 14. The van der Waals surface area contributed by atoms with E-state index >= 15 is 0 Å². The van der Waals surface area contributed by atoms with Crippen molar-refractivity contribution in [2.75, 3.05) is 47.4 Å². The summed E-state index contributed by atoms with van der Waals surface area (Å²) in [4.78, 5) is 179. The van der Waals surface area contributed by atoms with Crippen LogP contribution >= 0.6 is 0 Å². The van der Waals surface area contributed by atoms with E-state index in [2.05, 4.69) is 73.8 Å². The molecule has 4 aromatic carbocycles. The van der Waals surface area contributed by atoms with Gasteiger partial charge in [0, 0.05) is 89.3 Å². The predicted molar refractivity (Wildman–Crippen MR) is 442 cm³/mol. The van der Waals surface area contributed by atoms with E-state index in [9.17, 15) is 57.5 Å². The smallest absolute Gasteiger partial charge is 0.408 e. The number of carbonyl (C=O) groups excluding carboxylic acids is 12. The Morgan fingerprint density at radius 2 is 0.491 bits per heavy atom. The highest BCUT2D eigenvalue weighted by Crippen LogP contribution is 2.43. The van der Waals surface area contributed by atoms with E-state index in [-0.39, 0.29) is 22.7 Å². The Hall–Kier alpha value is -13.7. The number of para-hydroxylation sites is 4. The summed E-state index contributed by atoms with van der Waals surface area (Å²) >= 11 is 0. The van der Waals surface area contributed by atoms with Crippen LogP contribution in [0.4, 0.5) is 41.9 Å². The summed E-state index contributed by atoms with van der Waals surface area (Å²) < 4.78 is 21.3. The first-order valence-corrected chi connectivity index (χ1v) is 37.4. The third kappa shape index (κ3) is 24.2. The largest absolute Gasteiger partial charge is 0.444 e. The summed E-state index contributed by atoms with van der Waals surface area (Å²) in [5.74, 6) is -5.32. The molecular formula is C84H98N16O16. The number of H-pyrrole nitrogens is 2. The van der Waals surface area contributed by atoms with Crippen molar-refractivity contribution in [3.8, 4) is 44.5 Å². The van der Waals surface area contributed by atoms with Crippen molar-refractivity contribution in [1.29, 1.82) is 0 Å². The summed E-state index contributed by atoms with van der Waals surface area (Å²) in [7, 11) is 0. The number of hydrogen-bond acceptors (Lipinski definition) is 18. The molecule has 0 unspecified atom stereocenters. The molecule has 0 spiro atoms. The first kappa shape index (κ1) is 86.3. The van der Waals surface area contributed by atoms with Crippen molar-refractivity contribution in [1.82, 2.24) is 62.5 Å². The number of nitrogens with zero attached hydrogens (tertiary/aromatic N) is 2. The van der Waals surface area contributed by atoms with Gasteiger partial charge in [-0.05, 0) is 184 Å². The van der Waals surface area contributed by atoms with Crippen molar-refractivity contribution in [3.05, 3.63) is 144 Å². The fourth-order valence-corrected chi connectivity index (χ4v) is 11.8. The molecule has 32 nitrogen and oxygen atoms in total. The molecule has 116 heavy (non-hydrogen) atoms. The van der Waals surface area contributed by atoms with Crippen LogP contribution in [0.3, 0.4) is 0 Å². The van der Waals surface area contributed by atoms with Gasteiger partial charge in [0.25, 0.3) is 0 Å². The van der Waals surface area contributed by atoms with Crippen LogP contribution < -0.4 is 63.8 Å². The Morgan fingerprint density at radius 1 is 0.302 bits per heavy atom. The maximum atomic E-state index is 14.2. The Bertz CT molecular complexity index is 4600. The molecule has 0 saturated heterocycles. The quantitative estimate of drug-likeness (QED) is 0.0250. The molecule has 2 aliphatic heterocycles. The van der Waals surface area contributed by atoms with Gasteiger partial charge >= 0.3 is 24.4 Å². The van der Waals surface area contributed by atoms with Crippen LogP contribution in [0, 0.1) is 0 Å². The Labute approximate surface area is 670 Å². The molecule has 3 aromatic heterocycles. The van der Waals surface area contributed by atoms with Gasteiger partial charge in [-0.2, -0.15) is 0 Å². The highest BCUT2D eigenvalue weighted by molar-refractivity contribution is 6.09. The molecule has 0 fully saturated rings. The molecular weight excluding hydrogens is 1490 g/mol. The predicted octanol–water partition coefficient (Wildman–Crippen LogP) is 11.2. The molecule has 12 amide bonds. The summed E-state index contributed by atoms with van der Waals surface area (Å²) in [6.45, 7) is 23.7. The van der Waals surface area contributed by atoms with E-state index in [4.69, 9.17) is 28.9 Å². The first-order valence-electron chi connectivity index (χ1n) is 37.4. The van der Waals surface area contributed by atoms with Crippen molar-refractivity contribution in [2.45, 2.75) is 157 Å². The molecule has 9 rings (SSSR count). The minimum Gasteiger partial charge on any atom is -0.444 e. The topological polar surface area (TPSA) is 443 Å². The molecule has 2 aliphatic rings. The Morgan fingerprint density at radius 3 is 0.681 bits per heavy atom. The second kappa shape index (κ2) is 36.9. The summed E-state index contributed by atoms with van der Waals surface area (Å²) in [5.41, 5.74) is 3.87. The van der Waals surface area contributed by atoms with Crippen molar-refractivity contribution in [3.63, 3.8) is 0 Å². The number of fused-ring (bicyclic) bond motifs is 8. The van der Waals surface area contributed by atoms with E-state index in [1.165, 1.54) is 27.7 Å². The van der Waals surface area contributed by atoms with Crippen LogP contribution in [0.15, 0.2) is 121 Å². The van der Waals surface area contributed by atoms with E-state index in [1.54, 1.807) is 229 Å². The van der Waals surface area contributed by atoms with Gasteiger partial charge in [0.15, 0.2) is 0 Å². The zero-order valence-electron chi connectivity index (χ0n) is 67.4. The fourth-order valence-electron chi connectivity index (χ4n) is 11.8. The summed E-state index contributed by atoms with van der Waals surface area (Å²) in [6, 6.07) is 30.3. The van der Waals surface area contributed by atoms with Crippen LogP contribution in [0.25, 0.3) is 90.9 Å². The van der Waals surface area contributed by atoms with Gasteiger partial charge in [0.2, 0.25) is 47.3 Å². The number of benzene rings is 4. The monoisotopic (exact) mass is 1590 g/mol. The minimum atomic E-state index is -1.10. The second-order valence-electron chi connectivity index (χ2n) is 31.2. The van der Waals surface area contributed by atoms with Gasteiger partial charge in [-0.3, -0.25) is 38.4 Å². The lowest BCUT2D eigenvalue weighted by Gasteiger charge is -2.21. The standard InChI is InChI=1S/C84H98N16O16/c1-45(89-77(109)113-81(5,6)7)73(105)85-41-65(101)97-53-29-21-17-25-49(53)69-57-33-35-59(93-57)70(50-26-18-22-30-54(50)98-66(102)42-86-74(106)46(2)90-78(110)114-82(8,9)10)61-37-39-63(95-61)72(52-28-20-24-32-56(52)100-68(104)44-88-76(108)48(4)92-80(112)116-84(14,15)16)64-40-38-62(96-64)71(60-36-34-58(69)94-60)51-27-19-23-31-55(51)99-67(103)43-87-75(107)47(3)91-79(111)115-83(11,12)13/h17-40,45-48,93,96H,41-44H2,1-16H3,(H,85,105)(H,86,106)(H,87,107)(H,88,108)(H,89,109)(H,90,110)(H,91,111)(H,92,112)(H,97,101)(H,98,102)(H,99,103)(H,100,104)/t45-,46-,47-,48-/m0/s1. The molecule has 610 valence electrons. The van der Waals surface area contributed by atoms with Crippen LogP contribution in [0.1, 0.15) is 134 Å². The summed E-state index contributed by atoms with van der Waals surface area (Å²) in [5, 5.41) is 32.1. The zero-order valence-corrected chi connectivity index (χ0v) is 67.4. The maximum absolute atomic E-state index is 14.2. The number of hydrogen-bond donors (Lipinski definition) is 14. The molecule has 0 saturated carbocycles. The van der Waals surface area contributed by atoms with E-state index in [1.807, 2.05) is 0 Å². The number of anilines is 4. The van der Waals surface area contributed by atoms with Gasteiger partial charge in [-0.15, -0.1) is 0 Å². The molecule has 4 atom stereocenters. The molecule has 8 bridgehead atoms. The number of aromatic nitrogens is 4. The zero-order chi connectivity index (χ0) is 84.7. The third-order valence-corrected chi connectivity index (χ3v) is 16.8. The van der Waals surface area contributed by atoms with Gasteiger partial charge < -0.3 is 92.7 Å². The van der Waals surface area contributed by atoms with Crippen molar-refractivity contribution in [2.24, 2.45) is 0 Å². The van der Waals surface area contributed by atoms with Gasteiger partial charge in [-0.25, -0.2) is 29.1 Å². The molecule has 14 N–H and O–H groups in total. The normalized spacial score (nSPS) is 12.8. The lowest BCUT2D eigenvalue weighted by Crippen LogP contribution is -2.48. The van der Waals surface area contributed by atoms with Gasteiger partial charge in [-0.1, -0.05) is 72.8 Å². The van der Waals surface area contributed by atoms with Crippen molar-refractivity contribution >= 4 is 141 Å². The number of rotatable bonds is 24.